The van der Waals surface area contributed by atoms with Crippen molar-refractivity contribution in [3.05, 3.63) is 60.2 Å². The second-order valence-corrected chi connectivity index (χ2v) is 7.30. The number of anilines is 1. The van der Waals surface area contributed by atoms with Gasteiger partial charge in [0.1, 0.15) is 6.54 Å². The number of primary sulfonamides is 1. The van der Waals surface area contributed by atoms with Crippen LogP contribution in [0.15, 0.2) is 59.5 Å². The van der Waals surface area contributed by atoms with Gasteiger partial charge in [-0.2, -0.15) is 0 Å². The van der Waals surface area contributed by atoms with Crippen molar-refractivity contribution >= 4 is 33.5 Å². The smallest absolute Gasteiger partial charge is 0.326 e. The molecular formula is C18H19N3O6S. The highest BCUT2D eigenvalue weighted by atomic mass is 32.2. The summed E-state index contributed by atoms with van der Waals surface area (Å²) in [5, 5.41) is 9.87. The Hall–Kier alpha value is -3.24. The van der Waals surface area contributed by atoms with E-state index in [4.69, 9.17) is 9.88 Å². The molecule has 0 spiro atoms. The van der Waals surface area contributed by atoms with Crippen molar-refractivity contribution in [3.8, 4) is 0 Å². The molecule has 28 heavy (non-hydrogen) atoms. The third kappa shape index (κ3) is 6.18. The van der Waals surface area contributed by atoms with E-state index in [0.717, 1.165) is 0 Å². The number of rotatable bonds is 7. The minimum atomic E-state index is -3.83. The molecule has 0 bridgehead atoms. The summed E-state index contributed by atoms with van der Waals surface area (Å²) >= 11 is 0. The van der Waals surface area contributed by atoms with Crippen LogP contribution in [0, 0.1) is 0 Å². The molecule has 2 rings (SSSR count). The van der Waals surface area contributed by atoms with E-state index in [1.807, 2.05) is 0 Å². The highest BCUT2D eigenvalue weighted by Crippen LogP contribution is 2.13. The molecule has 2 aromatic rings. The summed E-state index contributed by atoms with van der Waals surface area (Å²) in [4.78, 5) is 35.6. The number of nitrogens with two attached hydrogens (primary N) is 1. The van der Waals surface area contributed by atoms with Crippen LogP contribution in [0.2, 0.25) is 0 Å². The van der Waals surface area contributed by atoms with E-state index in [1.165, 1.54) is 31.2 Å². The molecule has 0 radical (unpaired) electrons. The lowest BCUT2D eigenvalue weighted by atomic mass is 10.2. The van der Waals surface area contributed by atoms with Crippen LogP contribution in [-0.2, 0) is 24.3 Å². The summed E-state index contributed by atoms with van der Waals surface area (Å²) in [6.07, 6.45) is -1.13. The summed E-state index contributed by atoms with van der Waals surface area (Å²) in [5.41, 5.74) is 0.696. The van der Waals surface area contributed by atoms with Gasteiger partial charge >= 0.3 is 5.97 Å². The lowest BCUT2D eigenvalue weighted by Crippen LogP contribution is -2.35. The molecule has 148 valence electrons. The maximum absolute atomic E-state index is 12.1. The summed E-state index contributed by atoms with van der Waals surface area (Å²) in [5.74, 6) is -1.84. The highest BCUT2D eigenvalue weighted by Gasteiger charge is 2.19. The van der Waals surface area contributed by atoms with Gasteiger partial charge in [0.25, 0.3) is 11.8 Å². The Morgan fingerprint density at radius 1 is 1.04 bits per heavy atom. The van der Waals surface area contributed by atoms with Crippen molar-refractivity contribution in [2.24, 2.45) is 5.14 Å². The standard InChI is InChI=1S/C18H19N3O6S/c1-12(17(23)21-14-7-9-15(10-8-14)28(19,25)26)27-16(22)11-20-18(24)13-5-3-2-4-6-13/h2-10,12H,11H2,1H3,(H,20,24)(H,21,23)(H2,19,25,26)/t12-/m0/s1. The van der Waals surface area contributed by atoms with Crippen LogP contribution >= 0.6 is 0 Å². The molecule has 0 aliphatic carbocycles. The molecule has 0 saturated heterocycles. The van der Waals surface area contributed by atoms with Gasteiger partial charge in [-0.1, -0.05) is 18.2 Å². The third-order valence-corrected chi connectivity index (χ3v) is 4.49. The number of hydrogen-bond donors (Lipinski definition) is 3. The normalized spacial score (nSPS) is 11.9. The molecule has 0 saturated carbocycles. The van der Waals surface area contributed by atoms with Crippen LogP contribution in [0.4, 0.5) is 5.69 Å². The summed E-state index contributed by atoms with van der Waals surface area (Å²) in [6.45, 7) is 0.972. The largest absolute Gasteiger partial charge is 0.451 e. The zero-order valence-corrected chi connectivity index (χ0v) is 15.7. The van der Waals surface area contributed by atoms with Crippen LogP contribution < -0.4 is 15.8 Å². The lowest BCUT2D eigenvalue weighted by Gasteiger charge is -2.14. The molecule has 0 unspecified atom stereocenters. The fraction of sp³-hybridized carbons (Fsp3) is 0.167. The number of hydrogen-bond acceptors (Lipinski definition) is 6. The Morgan fingerprint density at radius 3 is 2.21 bits per heavy atom. The topological polar surface area (TPSA) is 145 Å². The Bertz CT molecular complexity index is 959. The number of ether oxygens (including phenoxy) is 1. The highest BCUT2D eigenvalue weighted by molar-refractivity contribution is 7.89. The Kier molecular flexibility index (Phi) is 6.85. The first-order valence-electron chi connectivity index (χ1n) is 8.13. The Morgan fingerprint density at radius 2 is 1.64 bits per heavy atom. The van der Waals surface area contributed by atoms with Crippen LogP contribution in [0.5, 0.6) is 0 Å². The molecule has 0 fully saturated rings. The van der Waals surface area contributed by atoms with Gasteiger partial charge in [0.2, 0.25) is 10.0 Å². The molecule has 0 aliphatic rings. The predicted molar refractivity (Wildman–Crippen MR) is 101 cm³/mol. The average molecular weight is 405 g/mol. The van der Waals surface area contributed by atoms with Crippen LogP contribution in [-0.4, -0.2) is 38.9 Å². The zero-order chi connectivity index (χ0) is 20.7. The SMILES string of the molecule is C[C@H](OC(=O)CNC(=O)c1ccccc1)C(=O)Nc1ccc(S(N)(=O)=O)cc1. The van der Waals surface area contributed by atoms with E-state index in [0.29, 0.717) is 11.3 Å². The second kappa shape index (κ2) is 9.11. The van der Waals surface area contributed by atoms with E-state index in [2.05, 4.69) is 10.6 Å². The molecule has 10 heteroatoms. The molecule has 1 atom stereocenters. The second-order valence-electron chi connectivity index (χ2n) is 5.74. The van der Waals surface area contributed by atoms with Crippen molar-refractivity contribution in [1.82, 2.24) is 5.32 Å². The van der Waals surface area contributed by atoms with Crippen molar-refractivity contribution in [3.63, 3.8) is 0 Å². The molecule has 9 nitrogen and oxygen atoms in total. The molecular weight excluding hydrogens is 386 g/mol. The quantitative estimate of drug-likeness (QED) is 0.576. The van der Waals surface area contributed by atoms with Crippen LogP contribution in [0.25, 0.3) is 0 Å². The summed E-state index contributed by atoms with van der Waals surface area (Å²) in [7, 11) is -3.83. The molecule has 2 aromatic carbocycles. The van der Waals surface area contributed by atoms with Crippen molar-refractivity contribution < 1.29 is 27.5 Å². The van der Waals surface area contributed by atoms with Gasteiger partial charge in [-0.05, 0) is 43.3 Å². The van der Waals surface area contributed by atoms with Crippen molar-refractivity contribution in [2.45, 2.75) is 17.9 Å². The number of amides is 2. The van der Waals surface area contributed by atoms with E-state index in [-0.39, 0.29) is 4.90 Å². The number of benzene rings is 2. The first-order chi connectivity index (χ1) is 13.2. The number of nitrogens with one attached hydrogen (secondary N) is 2. The predicted octanol–water partition coefficient (Wildman–Crippen LogP) is 0.634. The molecule has 4 N–H and O–H groups in total. The summed E-state index contributed by atoms with van der Waals surface area (Å²) in [6, 6.07) is 13.5. The first kappa shape index (κ1) is 21.1. The number of esters is 1. The Labute approximate surface area is 161 Å². The van der Waals surface area contributed by atoms with Crippen molar-refractivity contribution in [1.29, 1.82) is 0 Å². The van der Waals surface area contributed by atoms with Crippen molar-refractivity contribution in [2.75, 3.05) is 11.9 Å². The fourth-order valence-corrected chi connectivity index (χ4v) is 2.62. The van der Waals surface area contributed by atoms with Gasteiger partial charge in [-0.25, -0.2) is 13.6 Å². The number of carbonyl (C=O) groups is 3. The van der Waals surface area contributed by atoms with Gasteiger partial charge in [-0.3, -0.25) is 14.4 Å². The van der Waals surface area contributed by atoms with E-state index >= 15 is 0 Å². The maximum Gasteiger partial charge on any atom is 0.326 e. The zero-order valence-electron chi connectivity index (χ0n) is 14.9. The first-order valence-corrected chi connectivity index (χ1v) is 9.68. The van der Waals surface area contributed by atoms with Gasteiger partial charge in [0.05, 0.1) is 4.90 Å². The molecule has 2 amide bonds. The monoisotopic (exact) mass is 405 g/mol. The third-order valence-electron chi connectivity index (χ3n) is 3.56. The number of carbonyl (C=O) groups excluding carboxylic acids is 3. The fourth-order valence-electron chi connectivity index (χ4n) is 2.11. The summed E-state index contributed by atoms with van der Waals surface area (Å²) < 4.78 is 27.4. The number of sulfonamides is 1. The average Bonchev–Trinajstić information content (AvgIpc) is 2.66. The lowest BCUT2D eigenvalue weighted by molar-refractivity contribution is -0.152. The van der Waals surface area contributed by atoms with E-state index in [9.17, 15) is 22.8 Å². The van der Waals surface area contributed by atoms with Crippen LogP contribution in [0.3, 0.4) is 0 Å². The minimum absolute atomic E-state index is 0.0980. The van der Waals surface area contributed by atoms with Gasteiger partial charge < -0.3 is 15.4 Å². The molecule has 0 aromatic heterocycles. The maximum atomic E-state index is 12.1. The van der Waals surface area contributed by atoms with Gasteiger partial charge in [-0.15, -0.1) is 0 Å². The van der Waals surface area contributed by atoms with Gasteiger partial charge in [0, 0.05) is 11.3 Å². The Balaban J connectivity index is 1.83. The van der Waals surface area contributed by atoms with Crippen LogP contribution in [0.1, 0.15) is 17.3 Å². The molecule has 0 aliphatic heterocycles. The van der Waals surface area contributed by atoms with E-state index < -0.39 is 40.5 Å². The van der Waals surface area contributed by atoms with E-state index in [1.54, 1.807) is 30.3 Å². The van der Waals surface area contributed by atoms with Gasteiger partial charge in [0.15, 0.2) is 6.10 Å². The minimum Gasteiger partial charge on any atom is -0.451 e. The molecule has 0 heterocycles.